The smallest absolute Gasteiger partial charge is 0.164 e. The van der Waals surface area contributed by atoms with Crippen molar-refractivity contribution in [2.24, 2.45) is 0 Å². The van der Waals surface area contributed by atoms with Gasteiger partial charge in [-0.3, -0.25) is 0 Å². The lowest BCUT2D eigenvalue weighted by Crippen LogP contribution is -2.10. The predicted octanol–water partition coefficient (Wildman–Crippen LogP) is 16.8. The summed E-state index contributed by atoms with van der Waals surface area (Å²) in [5.41, 5.74) is 18.7. The van der Waals surface area contributed by atoms with Gasteiger partial charge in [-0.2, -0.15) is 0 Å². The molecule has 3 aromatic heterocycles. The molecule has 0 aliphatic heterocycles. The van der Waals surface area contributed by atoms with Gasteiger partial charge in [0.2, 0.25) is 0 Å². The molecule has 72 heavy (non-hydrogen) atoms. The van der Waals surface area contributed by atoms with Crippen LogP contribution in [-0.2, 0) is 6.42 Å². The second kappa shape index (κ2) is 17.0. The summed E-state index contributed by atoms with van der Waals surface area (Å²) in [6.45, 7) is 2.38. The van der Waals surface area contributed by atoms with Crippen molar-refractivity contribution in [1.29, 1.82) is 0 Å². The van der Waals surface area contributed by atoms with Gasteiger partial charge in [0.25, 0.3) is 0 Å². The SMILES string of the molecule is CC1c2ccccc2-c2ccccc2CC1c1cccc(-c2nc(-c3ccc(-c4ccccc4)cc3)nc(-c3ccc(-n4c5ccccc5c5ccc6c(c7ccccc7n6-c6ccccc6)c54)cc3)n2)c1. The van der Waals surface area contributed by atoms with E-state index < -0.39 is 0 Å². The first kappa shape index (κ1) is 41.8. The van der Waals surface area contributed by atoms with E-state index in [0.717, 1.165) is 45.6 Å². The Hall–Kier alpha value is -9.19. The lowest BCUT2D eigenvalue weighted by Gasteiger charge is -2.24. The van der Waals surface area contributed by atoms with E-state index in [4.69, 9.17) is 15.0 Å². The van der Waals surface area contributed by atoms with Crippen LogP contribution in [-0.4, -0.2) is 24.1 Å². The molecule has 5 heteroatoms. The van der Waals surface area contributed by atoms with Crippen LogP contribution in [0, 0.1) is 0 Å². The molecule has 0 saturated heterocycles. The molecule has 14 rings (SSSR count). The molecule has 2 unspecified atom stereocenters. The van der Waals surface area contributed by atoms with E-state index in [-0.39, 0.29) is 5.92 Å². The average molecular weight is 922 g/mol. The fourth-order valence-corrected chi connectivity index (χ4v) is 11.6. The van der Waals surface area contributed by atoms with Crippen LogP contribution in [0.4, 0.5) is 0 Å². The molecule has 0 amide bonds. The van der Waals surface area contributed by atoms with Crippen molar-refractivity contribution in [3.05, 3.63) is 259 Å². The zero-order chi connectivity index (χ0) is 47.7. The van der Waals surface area contributed by atoms with Crippen LogP contribution >= 0.6 is 0 Å². The van der Waals surface area contributed by atoms with Gasteiger partial charge in [-0.1, -0.05) is 189 Å². The Balaban J connectivity index is 0.910. The largest absolute Gasteiger partial charge is 0.309 e. The molecule has 10 aromatic carbocycles. The minimum Gasteiger partial charge on any atom is -0.309 e. The molecule has 5 nitrogen and oxygen atoms in total. The van der Waals surface area contributed by atoms with E-state index in [9.17, 15) is 0 Å². The third-order valence-corrected chi connectivity index (χ3v) is 15.1. The number of fused-ring (bicyclic) bond motifs is 10. The van der Waals surface area contributed by atoms with Gasteiger partial charge in [-0.15, -0.1) is 0 Å². The van der Waals surface area contributed by atoms with Crippen LogP contribution in [0.2, 0.25) is 0 Å². The highest BCUT2D eigenvalue weighted by molar-refractivity contribution is 6.26. The van der Waals surface area contributed by atoms with Gasteiger partial charge in [0.1, 0.15) is 0 Å². The molecule has 0 saturated carbocycles. The van der Waals surface area contributed by atoms with Crippen LogP contribution in [0.1, 0.15) is 35.4 Å². The first-order valence-corrected chi connectivity index (χ1v) is 24.9. The minimum atomic E-state index is 0.255. The summed E-state index contributed by atoms with van der Waals surface area (Å²) in [5.74, 6) is 2.46. The van der Waals surface area contributed by atoms with Gasteiger partial charge in [-0.05, 0) is 118 Å². The van der Waals surface area contributed by atoms with Crippen molar-refractivity contribution >= 4 is 43.6 Å². The summed E-state index contributed by atoms with van der Waals surface area (Å²) in [4.78, 5) is 15.9. The Labute approximate surface area is 418 Å². The Morgan fingerprint density at radius 3 is 1.67 bits per heavy atom. The Morgan fingerprint density at radius 2 is 0.917 bits per heavy atom. The highest BCUT2D eigenvalue weighted by Crippen LogP contribution is 2.46. The van der Waals surface area contributed by atoms with Gasteiger partial charge < -0.3 is 9.13 Å². The standard InChI is InChI=1S/C67H47N5/c1-43-53-24-10-11-26-55(53)54-25-9-8-19-49(54)42-59(43)48-20-16-21-50(41-48)67-69-65(46-33-31-45(32-34-46)44-17-4-2-5-18-44)68-66(70-67)47-35-37-52(38-36-47)72-60-29-14-12-27-56(60)57-39-40-62-63(64(57)72)58-28-13-15-30-61(58)71(62)51-22-6-3-7-23-51/h2-41,43,59H,42H2,1H3. The normalized spacial score (nSPS) is 14.4. The second-order valence-electron chi connectivity index (χ2n) is 19.2. The van der Waals surface area contributed by atoms with Crippen molar-refractivity contribution in [3.8, 4) is 67.8 Å². The molecule has 0 fully saturated rings. The summed E-state index contributed by atoms with van der Waals surface area (Å²) in [5, 5.41) is 4.88. The third kappa shape index (κ3) is 6.88. The number of benzene rings is 10. The molecule has 1 aliphatic rings. The van der Waals surface area contributed by atoms with Gasteiger partial charge in [0.15, 0.2) is 17.5 Å². The van der Waals surface area contributed by atoms with Crippen LogP contribution in [0.15, 0.2) is 243 Å². The van der Waals surface area contributed by atoms with Gasteiger partial charge in [0.05, 0.1) is 22.1 Å². The molecule has 0 bridgehead atoms. The maximum atomic E-state index is 5.33. The second-order valence-corrected chi connectivity index (χ2v) is 19.2. The quantitative estimate of drug-likeness (QED) is 0.160. The maximum Gasteiger partial charge on any atom is 0.164 e. The molecule has 0 spiro atoms. The van der Waals surface area contributed by atoms with Gasteiger partial charge in [0, 0.05) is 49.6 Å². The minimum absolute atomic E-state index is 0.255. The fraction of sp³-hybridized carbons (Fsp3) is 0.0597. The Kier molecular flexibility index (Phi) is 9.88. The summed E-state index contributed by atoms with van der Waals surface area (Å²) < 4.78 is 4.83. The number of hydrogen-bond acceptors (Lipinski definition) is 3. The topological polar surface area (TPSA) is 48.5 Å². The average Bonchev–Trinajstić information content (AvgIpc) is 3.94. The molecule has 13 aromatic rings. The molecule has 340 valence electrons. The van der Waals surface area contributed by atoms with E-state index >= 15 is 0 Å². The van der Waals surface area contributed by atoms with Crippen molar-refractivity contribution in [2.45, 2.75) is 25.2 Å². The highest BCUT2D eigenvalue weighted by atomic mass is 15.0. The fourth-order valence-electron chi connectivity index (χ4n) is 11.6. The number of hydrogen-bond donors (Lipinski definition) is 0. The predicted molar refractivity (Wildman–Crippen MR) is 297 cm³/mol. The maximum absolute atomic E-state index is 5.33. The van der Waals surface area contributed by atoms with Crippen LogP contribution in [0.25, 0.3) is 111 Å². The summed E-state index contributed by atoms with van der Waals surface area (Å²) in [7, 11) is 0. The summed E-state index contributed by atoms with van der Waals surface area (Å²) in [6, 6.07) is 87.4. The highest BCUT2D eigenvalue weighted by Gasteiger charge is 2.29. The lowest BCUT2D eigenvalue weighted by atomic mass is 9.80. The van der Waals surface area contributed by atoms with E-state index in [2.05, 4.69) is 259 Å². The molecule has 2 atom stereocenters. The van der Waals surface area contributed by atoms with Crippen molar-refractivity contribution in [1.82, 2.24) is 24.1 Å². The molecule has 0 radical (unpaired) electrons. The number of rotatable bonds is 7. The van der Waals surface area contributed by atoms with Crippen LogP contribution < -0.4 is 0 Å². The van der Waals surface area contributed by atoms with Gasteiger partial charge in [-0.25, -0.2) is 15.0 Å². The van der Waals surface area contributed by atoms with Crippen molar-refractivity contribution < 1.29 is 0 Å². The first-order chi connectivity index (χ1) is 35.6. The summed E-state index contributed by atoms with van der Waals surface area (Å²) in [6.07, 6.45) is 0.940. The molecular weight excluding hydrogens is 875 g/mol. The molecule has 3 heterocycles. The molecule has 1 aliphatic carbocycles. The van der Waals surface area contributed by atoms with E-state index in [1.807, 2.05) is 0 Å². The zero-order valence-electron chi connectivity index (χ0n) is 39.7. The third-order valence-electron chi connectivity index (χ3n) is 15.1. The van der Waals surface area contributed by atoms with Crippen LogP contribution in [0.5, 0.6) is 0 Å². The van der Waals surface area contributed by atoms with Crippen molar-refractivity contribution in [2.75, 3.05) is 0 Å². The first-order valence-electron chi connectivity index (χ1n) is 24.9. The number of aromatic nitrogens is 5. The zero-order valence-corrected chi connectivity index (χ0v) is 39.7. The molecular formula is C67H47N5. The Bertz CT molecular complexity index is 4190. The molecule has 0 N–H and O–H groups in total. The Morgan fingerprint density at radius 1 is 0.375 bits per heavy atom. The van der Waals surface area contributed by atoms with Gasteiger partial charge >= 0.3 is 0 Å². The monoisotopic (exact) mass is 921 g/mol. The van der Waals surface area contributed by atoms with Crippen molar-refractivity contribution in [3.63, 3.8) is 0 Å². The number of nitrogens with zero attached hydrogens (tertiary/aromatic N) is 5. The number of para-hydroxylation sites is 3. The lowest BCUT2D eigenvalue weighted by molar-refractivity contribution is 0.579. The van der Waals surface area contributed by atoms with E-state index in [1.54, 1.807) is 0 Å². The summed E-state index contributed by atoms with van der Waals surface area (Å²) >= 11 is 0. The van der Waals surface area contributed by atoms with E-state index in [0.29, 0.717) is 23.4 Å². The van der Waals surface area contributed by atoms with E-state index in [1.165, 1.54) is 71.5 Å². The van der Waals surface area contributed by atoms with Crippen LogP contribution in [0.3, 0.4) is 0 Å².